The molecule has 3 N–H and O–H groups in total. The molecule has 1 aliphatic heterocycles. The van der Waals surface area contributed by atoms with E-state index in [0.717, 1.165) is 23.4 Å². The van der Waals surface area contributed by atoms with Gasteiger partial charge in [0.1, 0.15) is 11.4 Å². The first-order valence-corrected chi connectivity index (χ1v) is 10.8. The Morgan fingerprint density at radius 3 is 2.69 bits per heavy atom. The highest BCUT2D eigenvalue weighted by Gasteiger charge is 2.35. The van der Waals surface area contributed by atoms with E-state index in [-0.39, 0.29) is 18.2 Å². The van der Waals surface area contributed by atoms with Crippen molar-refractivity contribution in [2.75, 3.05) is 13.1 Å². The van der Waals surface area contributed by atoms with Gasteiger partial charge in [-0.1, -0.05) is 36.4 Å². The zero-order chi connectivity index (χ0) is 20.9. The average Bonchev–Trinajstić information content (AvgIpc) is 3.21. The molecule has 7 heteroatoms. The van der Waals surface area contributed by atoms with Gasteiger partial charge in [0, 0.05) is 13.1 Å². The largest absolute Gasteiger partial charge is 0.444 e. The Balaban J connectivity index is 1.88. The van der Waals surface area contributed by atoms with Crippen molar-refractivity contribution in [1.29, 1.82) is 0 Å². The summed E-state index contributed by atoms with van der Waals surface area (Å²) in [4.78, 5) is 20.7. The molecule has 1 amide bonds. The molecule has 0 bridgehead atoms. The van der Waals surface area contributed by atoms with Gasteiger partial charge < -0.3 is 15.8 Å². The maximum atomic E-state index is 13.1. The van der Waals surface area contributed by atoms with Crippen LogP contribution in [0.3, 0.4) is 0 Å². The van der Waals surface area contributed by atoms with Gasteiger partial charge in [0.05, 0.1) is 17.0 Å². The van der Waals surface area contributed by atoms with Crippen LogP contribution >= 0.6 is 11.3 Å². The highest BCUT2D eigenvalue weighted by atomic mass is 32.1. The number of aliphatic imine (C=N–C) groups is 1. The highest BCUT2D eigenvalue weighted by Crippen LogP contribution is 2.22. The maximum Gasteiger partial charge on any atom is 0.410 e. The monoisotopic (exact) mass is 414 g/mol. The van der Waals surface area contributed by atoms with Gasteiger partial charge in [-0.05, 0) is 50.7 Å². The Kier molecular flexibility index (Phi) is 6.92. The first kappa shape index (κ1) is 21.3. The lowest BCUT2D eigenvalue weighted by atomic mass is 9.99. The zero-order valence-corrected chi connectivity index (χ0v) is 18.1. The van der Waals surface area contributed by atoms with Crippen LogP contribution in [0.15, 0.2) is 52.8 Å². The third-order valence-corrected chi connectivity index (χ3v) is 5.61. The van der Waals surface area contributed by atoms with Crippen LogP contribution in [0.2, 0.25) is 0 Å². The van der Waals surface area contributed by atoms with Crippen LogP contribution in [-0.2, 0) is 11.3 Å². The summed E-state index contributed by atoms with van der Waals surface area (Å²) >= 11 is 1.56. The molecule has 2 heterocycles. The van der Waals surface area contributed by atoms with Crippen molar-refractivity contribution in [2.45, 2.75) is 51.4 Å². The Labute approximate surface area is 176 Å². The second kappa shape index (κ2) is 9.41. The van der Waals surface area contributed by atoms with E-state index in [2.05, 4.69) is 5.32 Å². The van der Waals surface area contributed by atoms with Gasteiger partial charge in [0.2, 0.25) is 0 Å². The molecule has 0 spiro atoms. The van der Waals surface area contributed by atoms with Crippen molar-refractivity contribution in [3.63, 3.8) is 0 Å². The number of amidine groups is 1. The molecule has 1 fully saturated rings. The fourth-order valence-electron chi connectivity index (χ4n) is 3.41. The number of thiophene rings is 1. The lowest BCUT2D eigenvalue weighted by Gasteiger charge is -2.39. The van der Waals surface area contributed by atoms with E-state index in [1.54, 1.807) is 11.3 Å². The highest BCUT2D eigenvalue weighted by molar-refractivity contribution is 7.12. The standard InChI is InChI=1S/C22H30N4O2S/c1-22(2,3)28-21(27)26(15-16-8-5-4-6-9-16)18-11-12-24-14-17(18)25-20(23)19-10-7-13-29-19/h4-10,13,17-18,24H,11-12,14-15H2,1-3H3,(H2,23,25). The molecule has 1 aliphatic rings. The number of ether oxygens (including phenoxy) is 1. The third-order valence-electron chi connectivity index (χ3n) is 4.72. The first-order chi connectivity index (χ1) is 13.8. The van der Waals surface area contributed by atoms with Gasteiger partial charge in [0.15, 0.2) is 0 Å². The fraction of sp³-hybridized carbons (Fsp3) is 0.455. The van der Waals surface area contributed by atoms with E-state index < -0.39 is 5.60 Å². The summed E-state index contributed by atoms with van der Waals surface area (Å²) in [7, 11) is 0. The first-order valence-electron chi connectivity index (χ1n) is 9.95. The van der Waals surface area contributed by atoms with Crippen LogP contribution in [0.4, 0.5) is 4.79 Å². The second-order valence-corrected chi connectivity index (χ2v) is 9.16. The number of hydrogen-bond donors (Lipinski definition) is 2. The fourth-order valence-corrected chi connectivity index (χ4v) is 4.04. The van der Waals surface area contributed by atoms with Crippen molar-refractivity contribution in [3.05, 3.63) is 58.3 Å². The number of nitrogens with zero attached hydrogens (tertiary/aromatic N) is 2. The summed E-state index contributed by atoms with van der Waals surface area (Å²) in [6.07, 6.45) is 0.473. The van der Waals surface area contributed by atoms with Crippen molar-refractivity contribution in [1.82, 2.24) is 10.2 Å². The van der Waals surface area contributed by atoms with Crippen LogP contribution in [0, 0.1) is 0 Å². The number of hydrogen-bond acceptors (Lipinski definition) is 5. The van der Waals surface area contributed by atoms with Crippen LogP contribution in [0.25, 0.3) is 0 Å². The number of nitrogens with two attached hydrogens (primary N) is 1. The Hall–Kier alpha value is -2.38. The Bertz CT molecular complexity index is 815. The number of amides is 1. The molecule has 2 atom stereocenters. The molecule has 1 aromatic carbocycles. The molecular formula is C22H30N4O2S. The minimum atomic E-state index is -0.562. The number of carbonyl (C=O) groups excluding carboxylic acids is 1. The van der Waals surface area contributed by atoms with E-state index in [4.69, 9.17) is 15.5 Å². The summed E-state index contributed by atoms with van der Waals surface area (Å²) in [5.41, 5.74) is 6.76. The summed E-state index contributed by atoms with van der Waals surface area (Å²) in [6.45, 7) is 7.63. The summed E-state index contributed by atoms with van der Waals surface area (Å²) in [6, 6.07) is 13.7. The Morgan fingerprint density at radius 1 is 1.28 bits per heavy atom. The van der Waals surface area contributed by atoms with Crippen molar-refractivity contribution in [2.24, 2.45) is 10.7 Å². The van der Waals surface area contributed by atoms with Crippen LogP contribution in [-0.4, -0.2) is 47.6 Å². The molecule has 29 heavy (non-hydrogen) atoms. The van der Waals surface area contributed by atoms with E-state index in [0.29, 0.717) is 18.9 Å². The lowest BCUT2D eigenvalue weighted by molar-refractivity contribution is 0.00842. The van der Waals surface area contributed by atoms with E-state index >= 15 is 0 Å². The number of piperidine rings is 1. The third kappa shape index (κ3) is 6.05. The average molecular weight is 415 g/mol. The summed E-state index contributed by atoms with van der Waals surface area (Å²) < 4.78 is 5.74. The number of benzene rings is 1. The van der Waals surface area contributed by atoms with E-state index in [9.17, 15) is 4.79 Å². The van der Waals surface area contributed by atoms with Gasteiger partial charge in [-0.2, -0.15) is 0 Å². The predicted octanol–water partition coefficient (Wildman–Crippen LogP) is 3.62. The van der Waals surface area contributed by atoms with E-state index in [1.165, 1.54) is 0 Å². The molecular weight excluding hydrogens is 384 g/mol. The van der Waals surface area contributed by atoms with Gasteiger partial charge in [-0.15, -0.1) is 11.3 Å². The Morgan fingerprint density at radius 2 is 2.03 bits per heavy atom. The molecule has 1 saturated heterocycles. The minimum absolute atomic E-state index is 0.0928. The molecule has 3 rings (SSSR count). The van der Waals surface area contributed by atoms with Gasteiger partial charge in [0.25, 0.3) is 0 Å². The number of rotatable bonds is 5. The van der Waals surface area contributed by atoms with Gasteiger partial charge in [-0.3, -0.25) is 9.89 Å². The SMILES string of the molecule is CC(C)(C)OC(=O)N(Cc1ccccc1)C1CCNCC1N=C(N)c1cccs1. The molecule has 0 aliphatic carbocycles. The minimum Gasteiger partial charge on any atom is -0.444 e. The van der Waals surface area contributed by atoms with Crippen molar-refractivity contribution >= 4 is 23.3 Å². The van der Waals surface area contributed by atoms with Crippen molar-refractivity contribution in [3.8, 4) is 0 Å². The molecule has 0 radical (unpaired) electrons. The van der Waals surface area contributed by atoms with E-state index in [1.807, 2.05) is 73.5 Å². The number of nitrogens with one attached hydrogen (secondary N) is 1. The lowest BCUT2D eigenvalue weighted by Crippen LogP contribution is -2.55. The number of carbonyl (C=O) groups is 1. The molecule has 6 nitrogen and oxygen atoms in total. The molecule has 0 saturated carbocycles. The predicted molar refractivity (Wildman–Crippen MR) is 118 cm³/mol. The topological polar surface area (TPSA) is 80.0 Å². The van der Waals surface area contributed by atoms with Crippen LogP contribution in [0.1, 0.15) is 37.6 Å². The second-order valence-electron chi connectivity index (χ2n) is 8.21. The molecule has 2 unspecified atom stereocenters. The van der Waals surface area contributed by atoms with Crippen molar-refractivity contribution < 1.29 is 9.53 Å². The maximum absolute atomic E-state index is 13.1. The smallest absolute Gasteiger partial charge is 0.410 e. The molecule has 156 valence electrons. The molecule has 1 aromatic heterocycles. The normalized spacial score (nSPS) is 20.3. The summed E-state index contributed by atoms with van der Waals surface area (Å²) in [5.74, 6) is 0.516. The summed E-state index contributed by atoms with van der Waals surface area (Å²) in [5, 5.41) is 5.37. The quantitative estimate of drug-likeness (QED) is 0.578. The van der Waals surface area contributed by atoms with Crippen LogP contribution in [0.5, 0.6) is 0 Å². The van der Waals surface area contributed by atoms with Gasteiger partial charge >= 0.3 is 6.09 Å². The molecule has 2 aromatic rings. The zero-order valence-electron chi connectivity index (χ0n) is 17.3. The van der Waals surface area contributed by atoms with Gasteiger partial charge in [-0.25, -0.2) is 4.79 Å². The van der Waals surface area contributed by atoms with Crippen LogP contribution < -0.4 is 11.1 Å².